The summed E-state index contributed by atoms with van der Waals surface area (Å²) in [6.45, 7) is 4.29. The molecule has 0 aromatic carbocycles. The molecule has 1 fully saturated rings. The highest BCUT2D eigenvalue weighted by Gasteiger charge is 2.44. The molecule has 1 aliphatic rings. The summed E-state index contributed by atoms with van der Waals surface area (Å²) in [4.78, 5) is 25.0. The lowest BCUT2D eigenvalue weighted by molar-refractivity contribution is -0.302. The molecule has 7 unspecified atom stereocenters. The van der Waals surface area contributed by atoms with Crippen LogP contribution in [0.1, 0.15) is 316 Å². The fourth-order valence-electron chi connectivity index (χ4n) is 10.4. The summed E-state index contributed by atoms with van der Waals surface area (Å²) < 4.78 is 16.7. The molecule has 1 saturated heterocycles. The number of esters is 1. The summed E-state index contributed by atoms with van der Waals surface area (Å²) in [6.07, 6.45) is 61.5. The highest BCUT2D eigenvalue weighted by atomic mass is 16.7. The topological polar surface area (TPSA) is 175 Å². The Balaban J connectivity index is 1.94. The molecular weight excluding hydrogens is 979 g/mol. The number of rotatable bonds is 58. The maximum Gasteiger partial charge on any atom is 0.305 e. The molecule has 11 nitrogen and oxygen atoms in total. The van der Waals surface area contributed by atoms with E-state index in [1.165, 1.54) is 231 Å². The van der Waals surface area contributed by atoms with Crippen LogP contribution >= 0.6 is 0 Å². The first-order valence-corrected chi connectivity index (χ1v) is 33.3. The van der Waals surface area contributed by atoms with Crippen molar-refractivity contribution in [1.82, 2.24) is 5.32 Å². The molecular formula is C67H125NO10. The van der Waals surface area contributed by atoms with Gasteiger partial charge in [0.15, 0.2) is 6.29 Å². The summed E-state index contributed by atoms with van der Waals surface area (Å²) in [5.74, 6) is -0.184. The van der Waals surface area contributed by atoms with E-state index in [4.69, 9.17) is 14.2 Å². The molecule has 1 heterocycles. The van der Waals surface area contributed by atoms with Crippen LogP contribution in [0.25, 0.3) is 0 Å². The zero-order valence-electron chi connectivity index (χ0n) is 50.6. The van der Waals surface area contributed by atoms with Gasteiger partial charge >= 0.3 is 5.97 Å². The van der Waals surface area contributed by atoms with E-state index in [1.54, 1.807) is 6.08 Å². The third-order valence-electron chi connectivity index (χ3n) is 15.7. The van der Waals surface area contributed by atoms with Crippen LogP contribution in [0.4, 0.5) is 0 Å². The van der Waals surface area contributed by atoms with Gasteiger partial charge in [0.25, 0.3) is 0 Å². The van der Waals surface area contributed by atoms with Gasteiger partial charge in [0, 0.05) is 12.8 Å². The molecule has 11 heteroatoms. The molecule has 0 aliphatic carbocycles. The van der Waals surface area contributed by atoms with E-state index in [2.05, 4.69) is 43.5 Å². The molecule has 0 spiro atoms. The summed E-state index contributed by atoms with van der Waals surface area (Å²) in [6, 6.07) is -0.825. The van der Waals surface area contributed by atoms with Gasteiger partial charge in [0.1, 0.15) is 24.4 Å². The number of amides is 1. The molecule has 0 aromatic rings. The number of hydrogen-bond donors (Lipinski definition) is 6. The first-order chi connectivity index (χ1) is 38.2. The Bertz CT molecular complexity index is 1390. The van der Waals surface area contributed by atoms with Crippen LogP contribution in [0.3, 0.4) is 0 Å². The maximum absolute atomic E-state index is 13.0. The fourth-order valence-corrected chi connectivity index (χ4v) is 10.4. The molecule has 0 bridgehead atoms. The van der Waals surface area contributed by atoms with E-state index >= 15 is 0 Å². The van der Waals surface area contributed by atoms with Crippen molar-refractivity contribution in [2.75, 3.05) is 19.8 Å². The van der Waals surface area contributed by atoms with Crippen LogP contribution in [0, 0.1) is 0 Å². The number of aliphatic hydroxyl groups is 5. The smallest absolute Gasteiger partial charge is 0.305 e. The van der Waals surface area contributed by atoms with Crippen LogP contribution in [0.2, 0.25) is 0 Å². The van der Waals surface area contributed by atoms with E-state index < -0.39 is 49.5 Å². The van der Waals surface area contributed by atoms with Crippen molar-refractivity contribution < 1.29 is 49.3 Å². The summed E-state index contributed by atoms with van der Waals surface area (Å²) >= 11 is 0. The lowest BCUT2D eigenvalue weighted by Gasteiger charge is -2.40. The average molecular weight is 1100 g/mol. The number of unbranched alkanes of at least 4 members (excludes halogenated alkanes) is 40. The highest BCUT2D eigenvalue weighted by molar-refractivity contribution is 5.76. The number of nitrogens with one attached hydrogen (secondary N) is 1. The van der Waals surface area contributed by atoms with Crippen molar-refractivity contribution in [3.05, 3.63) is 36.5 Å². The third-order valence-corrected chi connectivity index (χ3v) is 15.7. The number of aliphatic hydroxyl groups excluding tert-OH is 5. The standard InChI is InChI=1S/C67H125NO10/c1-3-5-7-9-11-13-34-39-43-47-51-55-63(72)76-56-52-48-44-40-36-33-31-29-27-25-23-21-19-17-15-14-16-18-20-22-24-26-28-30-32-35-38-42-46-50-54-62(71)68-59(60(70)53-49-45-41-37-12-10-8-6-4-2)58-77-67-66(75)65(74)64(73)61(57-69)78-67/h12,15,17,37,49,53,59-61,64-67,69-70,73-75H,3-11,13-14,16,18-36,38-48,50-52,54-58H2,1-2H3,(H,68,71)/b17-15-,37-12+,53-49+. The minimum Gasteiger partial charge on any atom is -0.466 e. The van der Waals surface area contributed by atoms with Crippen LogP contribution < -0.4 is 5.32 Å². The SMILES string of the molecule is CCCCC/C=C/CC/C=C/C(O)C(COC1OC(CO)C(O)C(O)C1O)NC(=O)CCCCCCCCCCCCCCCC/C=C\CCCCCCCCCCCCCCOC(=O)CCCCCCCCCCCCC. The Labute approximate surface area is 479 Å². The predicted octanol–water partition coefficient (Wildman–Crippen LogP) is 16.2. The van der Waals surface area contributed by atoms with Gasteiger partial charge in [-0.05, 0) is 70.6 Å². The summed E-state index contributed by atoms with van der Waals surface area (Å²) in [5, 5.41) is 54.2. The Morgan fingerprint density at radius 2 is 0.833 bits per heavy atom. The van der Waals surface area contributed by atoms with Crippen LogP contribution in [-0.2, 0) is 23.8 Å². The van der Waals surface area contributed by atoms with Gasteiger partial charge in [-0.15, -0.1) is 0 Å². The second kappa shape index (κ2) is 56.7. The molecule has 0 aromatic heterocycles. The average Bonchev–Trinajstić information content (AvgIpc) is 3.45. The van der Waals surface area contributed by atoms with Gasteiger partial charge in [-0.2, -0.15) is 0 Å². The van der Waals surface area contributed by atoms with Crippen molar-refractivity contribution in [3.63, 3.8) is 0 Å². The molecule has 1 aliphatic heterocycles. The summed E-state index contributed by atoms with van der Waals surface area (Å²) in [7, 11) is 0. The number of carbonyl (C=O) groups is 2. The van der Waals surface area contributed by atoms with Gasteiger partial charge in [-0.1, -0.05) is 269 Å². The molecule has 0 saturated carbocycles. The minimum atomic E-state index is -1.57. The third kappa shape index (κ3) is 45.5. The maximum atomic E-state index is 13.0. The molecule has 6 N–H and O–H groups in total. The van der Waals surface area contributed by atoms with Crippen molar-refractivity contribution in [1.29, 1.82) is 0 Å². The second-order valence-electron chi connectivity index (χ2n) is 23.2. The number of carbonyl (C=O) groups excluding carboxylic acids is 2. The van der Waals surface area contributed by atoms with Gasteiger partial charge in [0.05, 0.1) is 32.0 Å². The minimum absolute atomic E-state index is 0.00822. The molecule has 7 atom stereocenters. The van der Waals surface area contributed by atoms with Gasteiger partial charge in [-0.25, -0.2) is 0 Å². The monoisotopic (exact) mass is 1100 g/mol. The van der Waals surface area contributed by atoms with Crippen molar-refractivity contribution in [2.45, 2.75) is 358 Å². The Morgan fingerprint density at radius 3 is 1.29 bits per heavy atom. The molecule has 458 valence electrons. The number of ether oxygens (including phenoxy) is 3. The highest BCUT2D eigenvalue weighted by Crippen LogP contribution is 2.23. The molecule has 78 heavy (non-hydrogen) atoms. The van der Waals surface area contributed by atoms with Crippen LogP contribution in [-0.4, -0.2) is 100 Å². The predicted molar refractivity (Wildman–Crippen MR) is 324 cm³/mol. The lowest BCUT2D eigenvalue weighted by Crippen LogP contribution is -2.60. The first kappa shape index (κ1) is 73.9. The largest absolute Gasteiger partial charge is 0.466 e. The molecule has 0 radical (unpaired) electrons. The van der Waals surface area contributed by atoms with Gasteiger partial charge in [-0.3, -0.25) is 9.59 Å². The van der Waals surface area contributed by atoms with Crippen LogP contribution in [0.15, 0.2) is 36.5 Å². The Hall–Kier alpha value is -2.12. The van der Waals surface area contributed by atoms with Gasteiger partial charge < -0.3 is 45.1 Å². The number of hydrogen-bond acceptors (Lipinski definition) is 10. The summed E-state index contributed by atoms with van der Waals surface area (Å²) in [5.41, 5.74) is 0. The van der Waals surface area contributed by atoms with E-state index in [9.17, 15) is 35.1 Å². The second-order valence-corrected chi connectivity index (χ2v) is 23.2. The fraction of sp³-hybridized carbons (Fsp3) is 0.881. The molecule has 1 amide bonds. The van der Waals surface area contributed by atoms with Crippen LogP contribution in [0.5, 0.6) is 0 Å². The zero-order valence-corrected chi connectivity index (χ0v) is 50.6. The van der Waals surface area contributed by atoms with Crippen molar-refractivity contribution in [2.24, 2.45) is 0 Å². The molecule has 1 rings (SSSR count). The van der Waals surface area contributed by atoms with Crippen molar-refractivity contribution in [3.8, 4) is 0 Å². The van der Waals surface area contributed by atoms with Gasteiger partial charge in [0.2, 0.25) is 5.91 Å². The normalized spacial score (nSPS) is 18.7. The number of allylic oxidation sites excluding steroid dienone is 5. The van der Waals surface area contributed by atoms with E-state index in [1.807, 2.05) is 6.08 Å². The van der Waals surface area contributed by atoms with E-state index in [0.717, 1.165) is 57.8 Å². The Morgan fingerprint density at radius 1 is 0.462 bits per heavy atom. The quantitative estimate of drug-likeness (QED) is 0.0195. The van der Waals surface area contributed by atoms with E-state index in [-0.39, 0.29) is 18.5 Å². The first-order valence-electron chi connectivity index (χ1n) is 33.3. The van der Waals surface area contributed by atoms with E-state index in [0.29, 0.717) is 19.4 Å². The zero-order chi connectivity index (χ0) is 56.6. The Kier molecular flexibility index (Phi) is 53.7. The van der Waals surface area contributed by atoms with Crippen molar-refractivity contribution >= 4 is 11.9 Å². The lowest BCUT2D eigenvalue weighted by atomic mass is 9.99.